The van der Waals surface area contributed by atoms with E-state index < -0.39 is 0 Å². The number of nitrogens with zero attached hydrogens (tertiary/aromatic N) is 4. The summed E-state index contributed by atoms with van der Waals surface area (Å²) in [5.41, 5.74) is 2.07. The van der Waals surface area contributed by atoms with Crippen LogP contribution in [-0.2, 0) is 0 Å². The Balaban J connectivity index is 1.46. The van der Waals surface area contributed by atoms with Crippen LogP contribution in [0.1, 0.15) is 23.2 Å². The second kappa shape index (κ2) is 8.29. The lowest BCUT2D eigenvalue weighted by molar-refractivity contribution is -0.384. The van der Waals surface area contributed by atoms with Gasteiger partial charge >= 0.3 is 0 Å². The van der Waals surface area contributed by atoms with Crippen LogP contribution < -0.4 is 9.80 Å². The minimum atomic E-state index is -0.386. The van der Waals surface area contributed by atoms with Gasteiger partial charge in [-0.3, -0.25) is 14.9 Å². The predicted molar refractivity (Wildman–Crippen MR) is 114 cm³/mol. The molecule has 0 atom stereocenters. The van der Waals surface area contributed by atoms with Gasteiger partial charge in [0.2, 0.25) is 0 Å². The molecule has 2 aliphatic rings. The van der Waals surface area contributed by atoms with E-state index in [9.17, 15) is 14.9 Å². The summed E-state index contributed by atoms with van der Waals surface area (Å²) in [7, 11) is 0. The summed E-state index contributed by atoms with van der Waals surface area (Å²) in [4.78, 5) is 30.2. The van der Waals surface area contributed by atoms with E-state index in [1.807, 2.05) is 29.2 Å². The number of amides is 1. The molecule has 2 aliphatic heterocycles. The van der Waals surface area contributed by atoms with Crippen molar-refractivity contribution in [2.24, 2.45) is 0 Å². The van der Waals surface area contributed by atoms with Crippen molar-refractivity contribution in [2.45, 2.75) is 12.8 Å². The predicted octanol–water partition coefficient (Wildman–Crippen LogP) is 3.81. The smallest absolute Gasteiger partial charge is 0.293 e. The third kappa shape index (κ3) is 4.15. The Morgan fingerprint density at radius 3 is 2.17 bits per heavy atom. The topological polar surface area (TPSA) is 69.9 Å². The average molecular weight is 415 g/mol. The van der Waals surface area contributed by atoms with Gasteiger partial charge in [0.25, 0.3) is 11.6 Å². The Morgan fingerprint density at radius 2 is 1.55 bits per heavy atom. The van der Waals surface area contributed by atoms with E-state index in [0.29, 0.717) is 42.5 Å². The van der Waals surface area contributed by atoms with E-state index in [-0.39, 0.29) is 16.5 Å². The third-order valence-electron chi connectivity index (χ3n) is 5.62. The number of hydrogen-bond donors (Lipinski definition) is 0. The Kier molecular flexibility index (Phi) is 5.58. The van der Waals surface area contributed by atoms with Crippen molar-refractivity contribution in [3.05, 3.63) is 63.2 Å². The second-order valence-electron chi connectivity index (χ2n) is 7.41. The van der Waals surface area contributed by atoms with Crippen LogP contribution in [0.15, 0.2) is 42.5 Å². The molecule has 2 heterocycles. The SMILES string of the molecule is O=C(c1ccc(N2CCCC2)c([N+](=O)[O-])c1)N1CCN(c2ccc(Cl)cc2)CC1. The number of nitro benzene ring substituents is 1. The van der Waals surface area contributed by atoms with Crippen LogP contribution in [-0.4, -0.2) is 55.0 Å². The van der Waals surface area contributed by atoms with Crippen LogP contribution >= 0.6 is 11.6 Å². The van der Waals surface area contributed by atoms with E-state index >= 15 is 0 Å². The highest BCUT2D eigenvalue weighted by Crippen LogP contribution is 2.32. The highest BCUT2D eigenvalue weighted by atomic mass is 35.5. The highest BCUT2D eigenvalue weighted by molar-refractivity contribution is 6.30. The zero-order valence-electron chi connectivity index (χ0n) is 16.1. The Bertz CT molecular complexity index is 905. The molecule has 2 aromatic carbocycles. The van der Waals surface area contributed by atoms with Crippen molar-refractivity contribution < 1.29 is 9.72 Å². The number of nitro groups is 1. The van der Waals surface area contributed by atoms with E-state index in [4.69, 9.17) is 11.6 Å². The first-order valence-corrected chi connectivity index (χ1v) is 10.2. The summed E-state index contributed by atoms with van der Waals surface area (Å²) < 4.78 is 0. The van der Waals surface area contributed by atoms with Gasteiger partial charge in [0, 0.05) is 61.6 Å². The molecule has 1 amide bonds. The average Bonchev–Trinajstić information content (AvgIpc) is 3.28. The van der Waals surface area contributed by atoms with Crippen molar-refractivity contribution in [3.63, 3.8) is 0 Å². The van der Waals surface area contributed by atoms with Gasteiger partial charge in [-0.15, -0.1) is 0 Å². The summed E-state index contributed by atoms with van der Waals surface area (Å²) in [5, 5.41) is 12.3. The van der Waals surface area contributed by atoms with Crippen LogP contribution in [0, 0.1) is 10.1 Å². The summed E-state index contributed by atoms with van der Waals surface area (Å²) in [6.07, 6.45) is 2.07. The molecule has 0 aliphatic carbocycles. The molecular formula is C21H23ClN4O3. The van der Waals surface area contributed by atoms with Crippen LogP contribution in [0.3, 0.4) is 0 Å². The minimum Gasteiger partial charge on any atom is -0.368 e. The molecule has 8 heteroatoms. The fourth-order valence-electron chi connectivity index (χ4n) is 4.03. The molecule has 0 saturated carbocycles. The fourth-order valence-corrected chi connectivity index (χ4v) is 4.16. The van der Waals surface area contributed by atoms with Gasteiger partial charge in [-0.2, -0.15) is 0 Å². The maximum atomic E-state index is 12.9. The first-order valence-electron chi connectivity index (χ1n) is 9.86. The van der Waals surface area contributed by atoms with Crippen molar-refractivity contribution in [1.82, 2.24) is 4.90 Å². The van der Waals surface area contributed by atoms with Crippen molar-refractivity contribution in [2.75, 3.05) is 49.1 Å². The molecule has 29 heavy (non-hydrogen) atoms. The maximum Gasteiger partial charge on any atom is 0.293 e. The summed E-state index contributed by atoms with van der Waals surface area (Å²) in [6, 6.07) is 12.5. The summed E-state index contributed by atoms with van der Waals surface area (Å²) in [6.45, 7) is 4.20. The monoisotopic (exact) mass is 414 g/mol. The Labute approximate surface area is 174 Å². The van der Waals surface area contributed by atoms with Gasteiger partial charge in [-0.1, -0.05) is 11.6 Å². The van der Waals surface area contributed by atoms with Crippen LogP contribution in [0.4, 0.5) is 17.1 Å². The lowest BCUT2D eigenvalue weighted by Crippen LogP contribution is -2.48. The number of carbonyl (C=O) groups excluding carboxylic acids is 1. The molecule has 152 valence electrons. The first-order chi connectivity index (χ1) is 14.0. The van der Waals surface area contributed by atoms with Crippen molar-refractivity contribution in [1.29, 1.82) is 0 Å². The molecule has 7 nitrogen and oxygen atoms in total. The van der Waals surface area contributed by atoms with Crippen LogP contribution in [0.5, 0.6) is 0 Å². The molecule has 2 aromatic rings. The van der Waals surface area contributed by atoms with Crippen LogP contribution in [0.25, 0.3) is 0 Å². The number of piperazine rings is 1. The molecule has 4 rings (SSSR count). The zero-order valence-corrected chi connectivity index (χ0v) is 16.8. The van der Waals surface area contributed by atoms with Gasteiger partial charge in [-0.05, 0) is 49.2 Å². The standard InChI is InChI=1S/C21H23ClN4O3/c22-17-4-6-18(7-5-17)23-11-13-25(14-12-23)21(27)16-3-8-19(20(15-16)26(28)29)24-9-1-2-10-24/h3-8,15H,1-2,9-14H2. The van der Waals surface area contributed by atoms with E-state index in [1.165, 1.54) is 6.07 Å². The van der Waals surface area contributed by atoms with E-state index in [0.717, 1.165) is 31.6 Å². The van der Waals surface area contributed by atoms with E-state index in [2.05, 4.69) is 4.90 Å². The Hall–Kier alpha value is -2.80. The molecule has 2 fully saturated rings. The summed E-state index contributed by atoms with van der Waals surface area (Å²) >= 11 is 5.95. The lowest BCUT2D eigenvalue weighted by Gasteiger charge is -2.36. The number of anilines is 2. The molecule has 0 bridgehead atoms. The maximum absolute atomic E-state index is 12.9. The lowest BCUT2D eigenvalue weighted by atomic mass is 10.1. The van der Waals surface area contributed by atoms with Crippen molar-refractivity contribution in [3.8, 4) is 0 Å². The molecule has 0 radical (unpaired) electrons. The van der Waals surface area contributed by atoms with Gasteiger partial charge in [0.15, 0.2) is 0 Å². The van der Waals surface area contributed by atoms with Gasteiger partial charge < -0.3 is 14.7 Å². The third-order valence-corrected chi connectivity index (χ3v) is 5.88. The second-order valence-corrected chi connectivity index (χ2v) is 7.85. The van der Waals surface area contributed by atoms with Crippen LogP contribution in [0.2, 0.25) is 5.02 Å². The zero-order chi connectivity index (χ0) is 20.4. The number of benzene rings is 2. The first kappa shape index (κ1) is 19.5. The molecule has 0 unspecified atom stereocenters. The summed E-state index contributed by atoms with van der Waals surface area (Å²) in [5.74, 6) is -0.156. The number of halogens is 1. The number of rotatable bonds is 4. The van der Waals surface area contributed by atoms with Gasteiger partial charge in [-0.25, -0.2) is 0 Å². The van der Waals surface area contributed by atoms with Crippen molar-refractivity contribution >= 4 is 34.6 Å². The van der Waals surface area contributed by atoms with Gasteiger partial charge in [0.05, 0.1) is 4.92 Å². The molecule has 0 N–H and O–H groups in total. The van der Waals surface area contributed by atoms with E-state index in [1.54, 1.807) is 17.0 Å². The molecule has 0 spiro atoms. The number of carbonyl (C=O) groups is 1. The Morgan fingerprint density at radius 1 is 0.897 bits per heavy atom. The molecular weight excluding hydrogens is 392 g/mol. The quantitative estimate of drug-likeness (QED) is 0.562. The minimum absolute atomic E-state index is 0.0116. The normalized spacial score (nSPS) is 16.9. The molecule has 2 saturated heterocycles. The fraction of sp³-hybridized carbons (Fsp3) is 0.381. The molecule has 0 aromatic heterocycles. The van der Waals surface area contributed by atoms with Gasteiger partial charge in [0.1, 0.15) is 5.69 Å². The number of hydrogen-bond acceptors (Lipinski definition) is 5. The largest absolute Gasteiger partial charge is 0.368 e. The highest BCUT2D eigenvalue weighted by Gasteiger charge is 2.27.